The summed E-state index contributed by atoms with van der Waals surface area (Å²) in [5.74, 6) is 0. The minimum absolute atomic E-state index is 0.0879. The molecular weight excluding hydrogens is 388 g/mol. The smallest absolute Gasteiger partial charge is 0.0187 e. The van der Waals surface area contributed by atoms with Gasteiger partial charge in [-0.05, 0) is 49.4 Å². The molecule has 2 heteroatoms. The Morgan fingerprint density at radius 1 is 0.810 bits per heavy atom. The molecule has 0 aliphatic carbocycles. The van der Waals surface area contributed by atoms with Crippen LogP contribution >= 0.6 is 31.9 Å². The largest absolute Gasteiger partial charge is 0.0918 e. The Hall–Kier alpha value is -0.600. The van der Waals surface area contributed by atoms with Crippen molar-refractivity contribution in [3.8, 4) is 0 Å². The molecule has 2 rings (SSSR count). The molecule has 0 nitrogen and oxygen atoms in total. The van der Waals surface area contributed by atoms with Gasteiger partial charge in [-0.1, -0.05) is 79.9 Å². The van der Waals surface area contributed by atoms with E-state index in [4.69, 9.17) is 0 Å². The molecule has 2 aromatic carbocycles. The van der Waals surface area contributed by atoms with Gasteiger partial charge in [-0.3, -0.25) is 0 Å². The maximum absolute atomic E-state index is 3.77. The summed E-state index contributed by atoms with van der Waals surface area (Å²) in [6.07, 6.45) is 1.05. The van der Waals surface area contributed by atoms with Crippen LogP contribution in [0.25, 0.3) is 0 Å². The third-order valence-electron chi connectivity index (χ3n) is 4.34. The van der Waals surface area contributed by atoms with E-state index in [1.807, 2.05) is 0 Å². The van der Waals surface area contributed by atoms with E-state index in [1.165, 1.54) is 27.8 Å². The van der Waals surface area contributed by atoms with Crippen LogP contribution in [0.15, 0.2) is 42.5 Å². The molecule has 0 bridgehead atoms. The SMILES string of the molecule is Cc1ccc(C(CBr)(CBr)Cc2c(C)cccc2C)cc1. The lowest BCUT2D eigenvalue weighted by Crippen LogP contribution is -2.33. The fraction of sp³-hybridized carbons (Fsp3) is 0.368. The zero-order valence-electron chi connectivity index (χ0n) is 12.9. The van der Waals surface area contributed by atoms with Crippen LogP contribution in [0.4, 0.5) is 0 Å². The lowest BCUT2D eigenvalue weighted by atomic mass is 9.77. The molecule has 2 aromatic rings. The maximum Gasteiger partial charge on any atom is 0.0187 e. The van der Waals surface area contributed by atoms with Crippen LogP contribution in [0.2, 0.25) is 0 Å². The Morgan fingerprint density at radius 2 is 1.33 bits per heavy atom. The summed E-state index contributed by atoms with van der Waals surface area (Å²) in [6, 6.07) is 15.5. The molecule has 0 saturated heterocycles. The molecule has 0 aromatic heterocycles. The fourth-order valence-corrected chi connectivity index (χ4v) is 4.73. The predicted octanol–water partition coefficient (Wildman–Crippen LogP) is 5.88. The number of hydrogen-bond donors (Lipinski definition) is 0. The van der Waals surface area contributed by atoms with Crippen LogP contribution in [-0.4, -0.2) is 10.7 Å². The van der Waals surface area contributed by atoms with E-state index in [9.17, 15) is 0 Å². The Kier molecular flexibility index (Phi) is 5.67. The number of benzene rings is 2. The maximum atomic E-state index is 3.77. The van der Waals surface area contributed by atoms with Crippen LogP contribution in [0.3, 0.4) is 0 Å². The zero-order valence-corrected chi connectivity index (χ0v) is 16.1. The highest BCUT2D eigenvalue weighted by molar-refractivity contribution is 9.09. The van der Waals surface area contributed by atoms with Crippen molar-refractivity contribution in [3.63, 3.8) is 0 Å². The van der Waals surface area contributed by atoms with E-state index in [0.717, 1.165) is 17.1 Å². The van der Waals surface area contributed by atoms with Gasteiger partial charge >= 0.3 is 0 Å². The minimum atomic E-state index is 0.0879. The summed E-state index contributed by atoms with van der Waals surface area (Å²) < 4.78 is 0. The Morgan fingerprint density at radius 3 is 1.81 bits per heavy atom. The van der Waals surface area contributed by atoms with Gasteiger partial charge in [-0.15, -0.1) is 0 Å². The minimum Gasteiger partial charge on any atom is -0.0918 e. The number of halogens is 2. The molecule has 0 aliphatic rings. The first-order valence-electron chi connectivity index (χ1n) is 7.26. The van der Waals surface area contributed by atoms with Crippen molar-refractivity contribution in [1.82, 2.24) is 0 Å². The first-order valence-corrected chi connectivity index (χ1v) is 9.51. The van der Waals surface area contributed by atoms with Gasteiger partial charge in [-0.25, -0.2) is 0 Å². The lowest BCUT2D eigenvalue weighted by Gasteiger charge is -2.32. The molecule has 112 valence electrons. The molecule has 0 fully saturated rings. The van der Waals surface area contributed by atoms with Gasteiger partial charge in [0.25, 0.3) is 0 Å². The van der Waals surface area contributed by atoms with Gasteiger partial charge < -0.3 is 0 Å². The zero-order chi connectivity index (χ0) is 15.5. The van der Waals surface area contributed by atoms with Gasteiger partial charge in [-0.2, -0.15) is 0 Å². The average Bonchev–Trinajstić information content (AvgIpc) is 2.49. The highest BCUT2D eigenvalue weighted by Gasteiger charge is 2.31. The van der Waals surface area contributed by atoms with Gasteiger partial charge in [0.2, 0.25) is 0 Å². The molecule has 0 atom stereocenters. The first kappa shape index (κ1) is 16.8. The van der Waals surface area contributed by atoms with Crippen molar-refractivity contribution >= 4 is 31.9 Å². The van der Waals surface area contributed by atoms with E-state index in [1.54, 1.807) is 0 Å². The normalized spacial score (nSPS) is 11.7. The summed E-state index contributed by atoms with van der Waals surface area (Å²) in [6.45, 7) is 6.56. The molecule has 0 aliphatic heterocycles. The van der Waals surface area contributed by atoms with E-state index >= 15 is 0 Å². The van der Waals surface area contributed by atoms with Gasteiger partial charge in [0, 0.05) is 16.1 Å². The molecule has 0 saturated carbocycles. The van der Waals surface area contributed by atoms with Crippen LogP contribution < -0.4 is 0 Å². The summed E-state index contributed by atoms with van der Waals surface area (Å²) in [4.78, 5) is 0. The second-order valence-electron chi connectivity index (χ2n) is 5.96. The van der Waals surface area contributed by atoms with E-state index in [2.05, 4.69) is 95.1 Å². The molecule has 21 heavy (non-hydrogen) atoms. The summed E-state index contributed by atoms with van der Waals surface area (Å²) in [5.41, 5.74) is 7.03. The highest BCUT2D eigenvalue weighted by Crippen LogP contribution is 2.34. The summed E-state index contributed by atoms with van der Waals surface area (Å²) in [7, 11) is 0. The van der Waals surface area contributed by atoms with Crippen LogP contribution in [0.5, 0.6) is 0 Å². The second kappa shape index (κ2) is 7.11. The molecule has 0 spiro atoms. The Balaban J connectivity index is 2.45. The van der Waals surface area contributed by atoms with Crippen molar-refractivity contribution < 1.29 is 0 Å². The quantitative estimate of drug-likeness (QED) is 0.540. The van der Waals surface area contributed by atoms with Crippen molar-refractivity contribution in [2.24, 2.45) is 0 Å². The van der Waals surface area contributed by atoms with Crippen molar-refractivity contribution in [2.75, 3.05) is 10.7 Å². The number of rotatable bonds is 5. The predicted molar refractivity (Wildman–Crippen MR) is 100 cm³/mol. The standard InChI is InChI=1S/C19H22Br2/c1-14-7-9-17(10-8-14)19(12-20,13-21)11-18-15(2)5-4-6-16(18)3/h4-10H,11-13H2,1-3H3. The van der Waals surface area contributed by atoms with Crippen LogP contribution in [0, 0.1) is 20.8 Å². The number of alkyl halides is 2. The molecule has 0 heterocycles. The molecular formula is C19H22Br2. The Labute approximate surface area is 145 Å². The Bertz CT molecular complexity index is 575. The lowest BCUT2D eigenvalue weighted by molar-refractivity contribution is 0.548. The van der Waals surface area contributed by atoms with Gasteiger partial charge in [0.15, 0.2) is 0 Å². The highest BCUT2D eigenvalue weighted by atomic mass is 79.9. The monoisotopic (exact) mass is 408 g/mol. The average molecular weight is 410 g/mol. The van der Waals surface area contributed by atoms with Crippen LogP contribution in [0.1, 0.15) is 27.8 Å². The first-order chi connectivity index (χ1) is 10.0. The second-order valence-corrected chi connectivity index (χ2v) is 7.08. The topological polar surface area (TPSA) is 0 Å². The molecule has 0 radical (unpaired) electrons. The number of aryl methyl sites for hydroxylation is 3. The molecule has 0 amide bonds. The molecule has 0 unspecified atom stereocenters. The van der Waals surface area contributed by atoms with Crippen LogP contribution in [-0.2, 0) is 11.8 Å². The third-order valence-corrected chi connectivity index (χ3v) is 6.48. The summed E-state index contributed by atoms with van der Waals surface area (Å²) >= 11 is 7.53. The van der Waals surface area contributed by atoms with Gasteiger partial charge in [0.05, 0.1) is 0 Å². The van der Waals surface area contributed by atoms with Crippen molar-refractivity contribution in [3.05, 3.63) is 70.3 Å². The van der Waals surface area contributed by atoms with E-state index in [0.29, 0.717) is 0 Å². The van der Waals surface area contributed by atoms with Crippen molar-refractivity contribution in [1.29, 1.82) is 0 Å². The summed E-state index contributed by atoms with van der Waals surface area (Å²) in [5, 5.41) is 1.89. The van der Waals surface area contributed by atoms with E-state index < -0.39 is 0 Å². The fourth-order valence-electron chi connectivity index (χ4n) is 2.76. The number of hydrogen-bond acceptors (Lipinski definition) is 0. The van der Waals surface area contributed by atoms with Crippen molar-refractivity contribution in [2.45, 2.75) is 32.6 Å². The van der Waals surface area contributed by atoms with E-state index in [-0.39, 0.29) is 5.41 Å². The third kappa shape index (κ3) is 3.60. The van der Waals surface area contributed by atoms with Gasteiger partial charge in [0.1, 0.15) is 0 Å². The molecule has 0 N–H and O–H groups in total.